The van der Waals surface area contributed by atoms with Gasteiger partial charge in [-0.05, 0) is 61.2 Å². The molecule has 0 radical (unpaired) electrons. The molecule has 1 amide bonds. The van der Waals surface area contributed by atoms with E-state index in [1.165, 1.54) is 0 Å². The van der Waals surface area contributed by atoms with Crippen LogP contribution in [0, 0.1) is 5.92 Å². The molecule has 8 heteroatoms. The summed E-state index contributed by atoms with van der Waals surface area (Å²) in [5.74, 6) is 2.21. The van der Waals surface area contributed by atoms with Crippen LogP contribution in [0.2, 0.25) is 0 Å². The van der Waals surface area contributed by atoms with Crippen molar-refractivity contribution in [3.8, 4) is 22.8 Å². The molecule has 33 heavy (non-hydrogen) atoms. The summed E-state index contributed by atoms with van der Waals surface area (Å²) in [7, 11) is 3.24. The third-order valence-electron chi connectivity index (χ3n) is 5.88. The number of hydrogen-bond acceptors (Lipinski definition) is 7. The molecule has 3 heterocycles. The Labute approximate surface area is 194 Å². The Hall–Kier alpha value is -3.68. The van der Waals surface area contributed by atoms with Crippen LogP contribution >= 0.6 is 0 Å². The van der Waals surface area contributed by atoms with Gasteiger partial charge in [-0.15, -0.1) is 10.2 Å². The predicted octanol–water partition coefficient (Wildman–Crippen LogP) is 3.13. The lowest BCUT2D eigenvalue weighted by molar-refractivity contribution is -0.125. The van der Waals surface area contributed by atoms with E-state index in [9.17, 15) is 4.79 Å². The first kappa shape index (κ1) is 22.5. The molecule has 4 rings (SSSR count). The quantitative estimate of drug-likeness (QED) is 0.567. The highest BCUT2D eigenvalue weighted by Crippen LogP contribution is 2.28. The van der Waals surface area contributed by atoms with Crippen LogP contribution in [0.4, 0.5) is 5.82 Å². The zero-order valence-corrected chi connectivity index (χ0v) is 19.0. The van der Waals surface area contributed by atoms with Crippen LogP contribution in [0.3, 0.4) is 0 Å². The molecule has 0 spiro atoms. The van der Waals surface area contributed by atoms with Crippen molar-refractivity contribution < 1.29 is 14.3 Å². The molecule has 8 nitrogen and oxygen atoms in total. The van der Waals surface area contributed by atoms with Crippen molar-refractivity contribution in [2.45, 2.75) is 19.3 Å². The molecule has 2 aromatic heterocycles. The van der Waals surface area contributed by atoms with Gasteiger partial charge in [0.15, 0.2) is 17.3 Å². The van der Waals surface area contributed by atoms with Gasteiger partial charge in [-0.2, -0.15) is 0 Å². The Morgan fingerprint density at radius 2 is 2.00 bits per heavy atom. The number of aromatic nitrogens is 3. The van der Waals surface area contributed by atoms with Gasteiger partial charge in [0.25, 0.3) is 0 Å². The number of anilines is 1. The second-order valence-corrected chi connectivity index (χ2v) is 8.03. The standard InChI is InChI=1S/C25H29N5O3/c1-32-22-9-7-18(15-23(22)33-2)11-13-27-25(31)20-6-4-14-30(17-20)24-10-8-21(28-29-24)19-5-3-12-26-16-19/h3,5,7-10,12,15-16,20H,4,6,11,13-14,17H2,1-2H3,(H,27,31). The fourth-order valence-corrected chi connectivity index (χ4v) is 4.07. The van der Waals surface area contributed by atoms with Gasteiger partial charge in [0, 0.05) is 37.6 Å². The Kier molecular flexibility index (Phi) is 7.34. The molecule has 0 aliphatic carbocycles. The van der Waals surface area contributed by atoms with Gasteiger partial charge < -0.3 is 19.7 Å². The summed E-state index contributed by atoms with van der Waals surface area (Å²) in [4.78, 5) is 19.1. The number of nitrogens with one attached hydrogen (secondary N) is 1. The number of ether oxygens (including phenoxy) is 2. The van der Waals surface area contributed by atoms with Crippen molar-refractivity contribution in [3.63, 3.8) is 0 Å². The maximum atomic E-state index is 12.8. The van der Waals surface area contributed by atoms with Gasteiger partial charge in [0.05, 0.1) is 25.8 Å². The fraction of sp³-hybridized carbons (Fsp3) is 0.360. The van der Waals surface area contributed by atoms with Gasteiger partial charge in [0.1, 0.15) is 0 Å². The maximum Gasteiger partial charge on any atom is 0.224 e. The molecule has 1 atom stereocenters. The minimum atomic E-state index is -0.0658. The molecule has 0 bridgehead atoms. The van der Waals surface area contributed by atoms with Crippen LogP contribution in [-0.4, -0.2) is 54.9 Å². The minimum absolute atomic E-state index is 0.0658. The van der Waals surface area contributed by atoms with Gasteiger partial charge in [-0.25, -0.2) is 0 Å². The van der Waals surface area contributed by atoms with E-state index in [2.05, 4.69) is 25.4 Å². The number of piperidine rings is 1. The number of nitrogens with zero attached hydrogens (tertiary/aromatic N) is 4. The average Bonchev–Trinajstić information content (AvgIpc) is 2.89. The van der Waals surface area contributed by atoms with E-state index in [4.69, 9.17) is 9.47 Å². The Morgan fingerprint density at radius 1 is 1.12 bits per heavy atom. The first-order chi connectivity index (χ1) is 16.2. The van der Waals surface area contributed by atoms with E-state index in [0.717, 1.165) is 48.4 Å². The van der Waals surface area contributed by atoms with Gasteiger partial charge >= 0.3 is 0 Å². The molecule has 1 aliphatic rings. The first-order valence-electron chi connectivity index (χ1n) is 11.2. The van der Waals surface area contributed by atoms with E-state index < -0.39 is 0 Å². The van der Waals surface area contributed by atoms with Crippen LogP contribution in [0.25, 0.3) is 11.3 Å². The second kappa shape index (κ2) is 10.8. The number of carbonyl (C=O) groups is 1. The van der Waals surface area contributed by atoms with Crippen molar-refractivity contribution in [1.82, 2.24) is 20.5 Å². The minimum Gasteiger partial charge on any atom is -0.493 e. The number of benzene rings is 1. The number of pyridine rings is 1. The molecule has 0 saturated carbocycles. The summed E-state index contributed by atoms with van der Waals surface area (Å²) in [6.07, 6.45) is 6.05. The molecule has 1 aromatic carbocycles. The summed E-state index contributed by atoms with van der Waals surface area (Å²) in [6, 6.07) is 13.6. The van der Waals surface area contributed by atoms with Crippen molar-refractivity contribution in [2.75, 3.05) is 38.8 Å². The Balaban J connectivity index is 1.30. The summed E-state index contributed by atoms with van der Waals surface area (Å²) in [5, 5.41) is 11.8. The summed E-state index contributed by atoms with van der Waals surface area (Å²) in [5.41, 5.74) is 2.80. The molecular formula is C25H29N5O3. The smallest absolute Gasteiger partial charge is 0.224 e. The molecule has 1 aliphatic heterocycles. The number of hydrogen-bond donors (Lipinski definition) is 1. The van der Waals surface area contributed by atoms with Crippen LogP contribution in [0.1, 0.15) is 18.4 Å². The Morgan fingerprint density at radius 3 is 2.73 bits per heavy atom. The monoisotopic (exact) mass is 447 g/mol. The highest BCUT2D eigenvalue weighted by atomic mass is 16.5. The van der Waals surface area contributed by atoms with Crippen molar-refractivity contribution in [2.24, 2.45) is 5.92 Å². The van der Waals surface area contributed by atoms with Crippen LogP contribution in [0.5, 0.6) is 11.5 Å². The van der Waals surface area contributed by atoms with E-state index in [-0.39, 0.29) is 11.8 Å². The van der Waals surface area contributed by atoms with Crippen LogP contribution in [-0.2, 0) is 11.2 Å². The maximum absolute atomic E-state index is 12.8. The number of carbonyl (C=O) groups excluding carboxylic acids is 1. The lowest BCUT2D eigenvalue weighted by Crippen LogP contribution is -2.43. The molecule has 3 aromatic rings. The number of rotatable bonds is 8. The lowest BCUT2D eigenvalue weighted by Gasteiger charge is -2.32. The average molecular weight is 448 g/mol. The van der Waals surface area contributed by atoms with Crippen molar-refractivity contribution in [1.29, 1.82) is 0 Å². The van der Waals surface area contributed by atoms with Crippen molar-refractivity contribution in [3.05, 3.63) is 60.4 Å². The van der Waals surface area contributed by atoms with E-state index in [1.807, 2.05) is 42.5 Å². The summed E-state index contributed by atoms with van der Waals surface area (Å²) < 4.78 is 10.6. The van der Waals surface area contributed by atoms with Crippen LogP contribution in [0.15, 0.2) is 54.9 Å². The molecule has 1 fully saturated rings. The van der Waals surface area contributed by atoms with Crippen molar-refractivity contribution >= 4 is 11.7 Å². The van der Waals surface area contributed by atoms with Crippen LogP contribution < -0.4 is 19.7 Å². The molecular weight excluding hydrogens is 418 g/mol. The normalized spacial score (nSPS) is 15.7. The predicted molar refractivity (Wildman–Crippen MR) is 126 cm³/mol. The first-order valence-corrected chi connectivity index (χ1v) is 11.2. The zero-order chi connectivity index (χ0) is 23.0. The van der Waals surface area contributed by atoms with Gasteiger partial charge in [-0.3, -0.25) is 9.78 Å². The third kappa shape index (κ3) is 5.58. The summed E-state index contributed by atoms with van der Waals surface area (Å²) >= 11 is 0. The van der Waals surface area contributed by atoms with Gasteiger partial charge in [-0.1, -0.05) is 6.07 Å². The van der Waals surface area contributed by atoms with E-state index >= 15 is 0 Å². The highest BCUT2D eigenvalue weighted by Gasteiger charge is 2.26. The van der Waals surface area contributed by atoms with Gasteiger partial charge in [0.2, 0.25) is 5.91 Å². The molecule has 1 N–H and O–H groups in total. The third-order valence-corrected chi connectivity index (χ3v) is 5.88. The number of amides is 1. The molecule has 1 saturated heterocycles. The Bertz CT molecular complexity index is 1060. The SMILES string of the molecule is COc1ccc(CCNC(=O)C2CCCN(c3ccc(-c4cccnc4)nn3)C2)cc1OC. The fourth-order valence-electron chi connectivity index (χ4n) is 4.07. The van der Waals surface area contributed by atoms with E-state index in [1.54, 1.807) is 26.6 Å². The topological polar surface area (TPSA) is 89.5 Å². The van der Waals surface area contributed by atoms with E-state index in [0.29, 0.717) is 24.6 Å². The number of methoxy groups -OCH3 is 2. The summed E-state index contributed by atoms with van der Waals surface area (Å²) in [6.45, 7) is 2.09. The zero-order valence-electron chi connectivity index (χ0n) is 19.0. The molecule has 172 valence electrons. The second-order valence-electron chi connectivity index (χ2n) is 8.03. The largest absolute Gasteiger partial charge is 0.493 e. The lowest BCUT2D eigenvalue weighted by atomic mass is 9.97. The highest BCUT2D eigenvalue weighted by molar-refractivity contribution is 5.79. The molecule has 1 unspecified atom stereocenters.